The van der Waals surface area contributed by atoms with E-state index in [4.69, 9.17) is 0 Å². The Balaban J connectivity index is 2.11. The largest absolute Gasteiger partial charge is 0.298 e. The summed E-state index contributed by atoms with van der Waals surface area (Å²) in [5, 5.41) is 8.28. The van der Waals surface area contributed by atoms with E-state index < -0.39 is 0 Å². The monoisotopic (exact) mass is 231 g/mol. The van der Waals surface area contributed by atoms with Gasteiger partial charge in [-0.15, -0.1) is 5.10 Å². The summed E-state index contributed by atoms with van der Waals surface area (Å²) in [5.74, 6) is 0. The highest BCUT2D eigenvalue weighted by molar-refractivity contribution is 5.26. The van der Waals surface area contributed by atoms with E-state index in [9.17, 15) is 0 Å². The molecule has 0 fully saturated rings. The average Bonchev–Trinajstić information content (AvgIpc) is 2.85. The Morgan fingerprint density at radius 2 is 2.12 bits per heavy atom. The van der Waals surface area contributed by atoms with Crippen LogP contribution in [-0.2, 0) is 6.54 Å². The van der Waals surface area contributed by atoms with Crippen LogP contribution in [0.4, 0.5) is 0 Å². The Morgan fingerprint density at radius 1 is 1.29 bits per heavy atom. The standard InChI is InChI=1S/C12H17N5/c1-3-16(4-2)9-11-10-17(15-14-11)12-6-5-7-13-8-12/h5-8,10H,3-4,9H2,1-2H3. The molecule has 2 rings (SSSR count). The van der Waals surface area contributed by atoms with Crippen molar-refractivity contribution in [2.75, 3.05) is 13.1 Å². The van der Waals surface area contributed by atoms with Crippen LogP contribution < -0.4 is 0 Å². The number of hydrogen-bond donors (Lipinski definition) is 0. The van der Waals surface area contributed by atoms with Crippen molar-refractivity contribution in [2.24, 2.45) is 0 Å². The molecule has 0 aliphatic heterocycles. The van der Waals surface area contributed by atoms with Crippen molar-refractivity contribution in [1.82, 2.24) is 24.9 Å². The molecule has 2 aromatic heterocycles. The fourth-order valence-electron chi connectivity index (χ4n) is 1.66. The smallest absolute Gasteiger partial charge is 0.0971 e. The highest BCUT2D eigenvalue weighted by atomic mass is 15.4. The fourth-order valence-corrected chi connectivity index (χ4v) is 1.66. The minimum atomic E-state index is 0.841. The Bertz CT molecular complexity index is 447. The molecule has 0 spiro atoms. The molecule has 2 aromatic rings. The molecule has 0 aliphatic rings. The third-order valence-corrected chi connectivity index (χ3v) is 2.73. The second-order valence-electron chi connectivity index (χ2n) is 3.83. The van der Waals surface area contributed by atoms with Gasteiger partial charge < -0.3 is 0 Å². The first kappa shape index (κ1) is 11.7. The molecule has 0 bridgehead atoms. The second-order valence-corrected chi connectivity index (χ2v) is 3.83. The first-order chi connectivity index (χ1) is 8.33. The zero-order valence-corrected chi connectivity index (χ0v) is 10.2. The van der Waals surface area contributed by atoms with Crippen molar-refractivity contribution in [3.8, 4) is 5.69 Å². The zero-order chi connectivity index (χ0) is 12.1. The first-order valence-electron chi connectivity index (χ1n) is 5.87. The summed E-state index contributed by atoms with van der Waals surface area (Å²) in [6.45, 7) is 7.18. The van der Waals surface area contributed by atoms with Crippen molar-refractivity contribution < 1.29 is 0 Å². The first-order valence-corrected chi connectivity index (χ1v) is 5.87. The second kappa shape index (κ2) is 5.54. The maximum Gasteiger partial charge on any atom is 0.0971 e. The lowest BCUT2D eigenvalue weighted by Crippen LogP contribution is -2.22. The number of aromatic nitrogens is 4. The van der Waals surface area contributed by atoms with E-state index in [0.717, 1.165) is 31.0 Å². The minimum absolute atomic E-state index is 0.841. The Labute approximate surface area is 101 Å². The summed E-state index contributed by atoms with van der Waals surface area (Å²) in [6, 6.07) is 3.85. The quantitative estimate of drug-likeness (QED) is 0.782. The van der Waals surface area contributed by atoms with E-state index >= 15 is 0 Å². The van der Waals surface area contributed by atoms with Gasteiger partial charge in [0, 0.05) is 12.7 Å². The Morgan fingerprint density at radius 3 is 2.76 bits per heavy atom. The molecule has 0 atom stereocenters. The summed E-state index contributed by atoms with van der Waals surface area (Å²) < 4.78 is 1.76. The molecule has 0 aromatic carbocycles. The van der Waals surface area contributed by atoms with Gasteiger partial charge in [-0.05, 0) is 25.2 Å². The van der Waals surface area contributed by atoms with Crippen LogP contribution in [0.3, 0.4) is 0 Å². The summed E-state index contributed by atoms with van der Waals surface area (Å²) in [5.41, 5.74) is 1.92. The molecule has 5 heteroatoms. The summed E-state index contributed by atoms with van der Waals surface area (Å²) in [4.78, 5) is 6.37. The molecule has 2 heterocycles. The van der Waals surface area contributed by atoms with Crippen LogP contribution in [0.25, 0.3) is 5.69 Å². The lowest BCUT2D eigenvalue weighted by molar-refractivity contribution is 0.292. The fraction of sp³-hybridized carbons (Fsp3) is 0.417. The SMILES string of the molecule is CCN(CC)Cc1cn(-c2cccnc2)nn1. The van der Waals surface area contributed by atoms with Gasteiger partial charge in [0.05, 0.1) is 23.8 Å². The van der Waals surface area contributed by atoms with Gasteiger partial charge in [0.1, 0.15) is 0 Å². The maximum absolute atomic E-state index is 4.17. The molecule has 90 valence electrons. The molecule has 0 amide bonds. The van der Waals surface area contributed by atoms with Crippen molar-refractivity contribution in [3.05, 3.63) is 36.4 Å². The molecule has 0 N–H and O–H groups in total. The van der Waals surface area contributed by atoms with E-state index in [2.05, 4.69) is 34.0 Å². The van der Waals surface area contributed by atoms with E-state index in [-0.39, 0.29) is 0 Å². The van der Waals surface area contributed by atoms with Crippen molar-refractivity contribution in [1.29, 1.82) is 0 Å². The highest BCUT2D eigenvalue weighted by Crippen LogP contribution is 2.06. The predicted molar refractivity (Wildman–Crippen MR) is 65.8 cm³/mol. The summed E-state index contributed by atoms with van der Waals surface area (Å²) in [7, 11) is 0. The van der Waals surface area contributed by atoms with Crippen molar-refractivity contribution in [3.63, 3.8) is 0 Å². The maximum atomic E-state index is 4.17. The van der Waals surface area contributed by atoms with Crippen LogP contribution in [0.15, 0.2) is 30.7 Å². The molecular weight excluding hydrogens is 214 g/mol. The predicted octanol–water partition coefficient (Wildman–Crippen LogP) is 1.50. The molecule has 5 nitrogen and oxygen atoms in total. The molecule has 0 aliphatic carbocycles. The van der Waals surface area contributed by atoms with E-state index in [1.807, 2.05) is 18.3 Å². The van der Waals surface area contributed by atoms with Gasteiger partial charge in [-0.1, -0.05) is 19.1 Å². The molecule has 0 saturated heterocycles. The van der Waals surface area contributed by atoms with Gasteiger partial charge in [0.2, 0.25) is 0 Å². The van der Waals surface area contributed by atoms with E-state index in [0.29, 0.717) is 0 Å². The van der Waals surface area contributed by atoms with Crippen LogP contribution in [0.5, 0.6) is 0 Å². The van der Waals surface area contributed by atoms with Gasteiger partial charge in [-0.2, -0.15) is 0 Å². The van der Waals surface area contributed by atoms with Gasteiger partial charge in [-0.25, -0.2) is 4.68 Å². The molecule has 0 unspecified atom stereocenters. The van der Waals surface area contributed by atoms with Crippen LogP contribution in [0, 0.1) is 0 Å². The number of nitrogens with zero attached hydrogens (tertiary/aromatic N) is 5. The minimum Gasteiger partial charge on any atom is -0.298 e. The Kier molecular flexibility index (Phi) is 3.82. The summed E-state index contributed by atoms with van der Waals surface area (Å²) in [6.07, 6.45) is 5.47. The Hall–Kier alpha value is -1.75. The number of hydrogen-bond acceptors (Lipinski definition) is 4. The number of rotatable bonds is 5. The zero-order valence-electron chi connectivity index (χ0n) is 10.2. The van der Waals surface area contributed by atoms with Crippen LogP contribution >= 0.6 is 0 Å². The molecule has 0 radical (unpaired) electrons. The van der Waals surface area contributed by atoms with Crippen molar-refractivity contribution in [2.45, 2.75) is 20.4 Å². The van der Waals surface area contributed by atoms with Crippen molar-refractivity contribution >= 4 is 0 Å². The van der Waals surface area contributed by atoms with E-state index in [1.165, 1.54) is 0 Å². The average molecular weight is 231 g/mol. The third kappa shape index (κ3) is 2.88. The number of pyridine rings is 1. The highest BCUT2D eigenvalue weighted by Gasteiger charge is 2.06. The third-order valence-electron chi connectivity index (χ3n) is 2.73. The van der Waals surface area contributed by atoms with Gasteiger partial charge in [-0.3, -0.25) is 9.88 Å². The van der Waals surface area contributed by atoms with E-state index in [1.54, 1.807) is 17.1 Å². The molecular formula is C12H17N5. The summed E-state index contributed by atoms with van der Waals surface area (Å²) >= 11 is 0. The molecule has 0 saturated carbocycles. The van der Waals surface area contributed by atoms with Crippen LogP contribution in [0.2, 0.25) is 0 Å². The topological polar surface area (TPSA) is 46.8 Å². The van der Waals surface area contributed by atoms with Gasteiger partial charge in [0.15, 0.2) is 0 Å². The molecule has 17 heavy (non-hydrogen) atoms. The lowest BCUT2D eigenvalue weighted by Gasteiger charge is -2.15. The van der Waals surface area contributed by atoms with Crippen LogP contribution in [-0.4, -0.2) is 38.0 Å². The van der Waals surface area contributed by atoms with Gasteiger partial charge >= 0.3 is 0 Å². The van der Waals surface area contributed by atoms with Crippen LogP contribution in [0.1, 0.15) is 19.5 Å². The normalized spacial score (nSPS) is 11.0. The lowest BCUT2D eigenvalue weighted by atomic mass is 10.4. The van der Waals surface area contributed by atoms with Gasteiger partial charge in [0.25, 0.3) is 0 Å².